The number of aryl methyl sites for hydroxylation is 1. The monoisotopic (exact) mass is 301 g/mol. The van der Waals surface area contributed by atoms with Gasteiger partial charge in [-0.1, -0.05) is 12.8 Å². The quantitative estimate of drug-likeness (QED) is 0.939. The standard InChI is InChI=1S/C17H23N3O2/c1-13-18-9-8-17(19-13)20-10-4-2-3-6-14(20)12-15(21)16-7-5-11-22-16/h5,7-9,11,14-15,21H,2-4,6,10,12H2,1H3/t14-,15-/m1/s1. The van der Waals surface area contributed by atoms with Crippen LogP contribution in [0, 0.1) is 6.92 Å². The van der Waals surface area contributed by atoms with Gasteiger partial charge < -0.3 is 14.4 Å². The SMILES string of the molecule is Cc1nccc(N2CCCCC[C@@H]2C[C@@H](O)c2ccco2)n1. The van der Waals surface area contributed by atoms with Crippen molar-refractivity contribution in [3.8, 4) is 0 Å². The zero-order valence-corrected chi connectivity index (χ0v) is 13.0. The molecule has 1 aliphatic heterocycles. The summed E-state index contributed by atoms with van der Waals surface area (Å²) in [6, 6.07) is 5.89. The van der Waals surface area contributed by atoms with Crippen LogP contribution in [0.25, 0.3) is 0 Å². The van der Waals surface area contributed by atoms with E-state index in [1.165, 1.54) is 12.8 Å². The average molecular weight is 301 g/mol. The summed E-state index contributed by atoms with van der Waals surface area (Å²) in [6.07, 6.45) is 8.17. The van der Waals surface area contributed by atoms with Gasteiger partial charge in [0.05, 0.1) is 6.26 Å². The van der Waals surface area contributed by atoms with Crippen LogP contribution >= 0.6 is 0 Å². The molecule has 5 heteroatoms. The fraction of sp³-hybridized carbons (Fsp3) is 0.529. The molecule has 118 valence electrons. The van der Waals surface area contributed by atoms with Crippen LogP contribution in [0.2, 0.25) is 0 Å². The molecule has 2 atom stereocenters. The molecule has 0 saturated carbocycles. The molecule has 0 unspecified atom stereocenters. The third kappa shape index (κ3) is 3.47. The minimum absolute atomic E-state index is 0.275. The van der Waals surface area contributed by atoms with Crippen LogP contribution in [0.1, 0.15) is 49.8 Å². The highest BCUT2D eigenvalue weighted by Crippen LogP contribution is 2.29. The molecule has 1 saturated heterocycles. The van der Waals surface area contributed by atoms with Gasteiger partial charge in [-0.2, -0.15) is 0 Å². The van der Waals surface area contributed by atoms with Crippen LogP contribution in [0.5, 0.6) is 0 Å². The number of aliphatic hydroxyl groups excluding tert-OH is 1. The van der Waals surface area contributed by atoms with Gasteiger partial charge in [-0.25, -0.2) is 9.97 Å². The van der Waals surface area contributed by atoms with Crippen molar-refractivity contribution in [1.82, 2.24) is 9.97 Å². The van der Waals surface area contributed by atoms with Crippen LogP contribution in [0.15, 0.2) is 35.1 Å². The van der Waals surface area contributed by atoms with Crippen molar-refractivity contribution in [2.45, 2.75) is 51.2 Å². The molecule has 0 aliphatic carbocycles. The van der Waals surface area contributed by atoms with E-state index in [0.29, 0.717) is 12.2 Å². The lowest BCUT2D eigenvalue weighted by atomic mass is 10.0. The van der Waals surface area contributed by atoms with Crippen LogP contribution in [0.4, 0.5) is 5.82 Å². The molecule has 0 spiro atoms. The van der Waals surface area contributed by atoms with Crippen LogP contribution < -0.4 is 4.90 Å². The van der Waals surface area contributed by atoms with Crippen molar-refractivity contribution in [3.05, 3.63) is 42.2 Å². The molecule has 1 aliphatic rings. The van der Waals surface area contributed by atoms with E-state index >= 15 is 0 Å². The first-order valence-corrected chi connectivity index (χ1v) is 8.02. The molecule has 22 heavy (non-hydrogen) atoms. The summed E-state index contributed by atoms with van der Waals surface area (Å²) in [4.78, 5) is 11.1. The fourth-order valence-electron chi connectivity index (χ4n) is 3.18. The van der Waals surface area contributed by atoms with Gasteiger partial charge in [0, 0.05) is 25.2 Å². The second-order valence-electron chi connectivity index (χ2n) is 5.93. The number of aliphatic hydroxyl groups is 1. The lowest BCUT2D eigenvalue weighted by Gasteiger charge is -2.32. The first kappa shape index (κ1) is 15.0. The van der Waals surface area contributed by atoms with Gasteiger partial charge >= 0.3 is 0 Å². The molecule has 3 rings (SSSR count). The summed E-state index contributed by atoms with van der Waals surface area (Å²) in [5.41, 5.74) is 0. The largest absolute Gasteiger partial charge is 0.467 e. The zero-order chi connectivity index (χ0) is 15.4. The highest BCUT2D eigenvalue weighted by Gasteiger charge is 2.26. The van der Waals surface area contributed by atoms with E-state index in [9.17, 15) is 5.11 Å². The van der Waals surface area contributed by atoms with Crippen molar-refractivity contribution in [2.24, 2.45) is 0 Å². The zero-order valence-electron chi connectivity index (χ0n) is 13.0. The molecule has 0 aromatic carbocycles. The van der Waals surface area contributed by atoms with E-state index < -0.39 is 6.10 Å². The molecule has 1 N–H and O–H groups in total. The minimum Gasteiger partial charge on any atom is -0.467 e. The molecule has 0 bridgehead atoms. The Hall–Kier alpha value is -1.88. The van der Waals surface area contributed by atoms with Gasteiger partial charge in [0.2, 0.25) is 0 Å². The van der Waals surface area contributed by atoms with Gasteiger partial charge in [-0.15, -0.1) is 0 Å². The molecular weight excluding hydrogens is 278 g/mol. The number of nitrogens with zero attached hydrogens (tertiary/aromatic N) is 3. The van der Waals surface area contributed by atoms with Gasteiger partial charge in [0.15, 0.2) is 0 Å². The molecule has 0 amide bonds. The second-order valence-corrected chi connectivity index (χ2v) is 5.93. The van der Waals surface area contributed by atoms with E-state index in [4.69, 9.17) is 4.42 Å². The number of hydrogen-bond donors (Lipinski definition) is 1. The fourth-order valence-corrected chi connectivity index (χ4v) is 3.18. The first-order chi connectivity index (χ1) is 10.7. The highest BCUT2D eigenvalue weighted by molar-refractivity contribution is 5.39. The Kier molecular flexibility index (Phi) is 4.73. The van der Waals surface area contributed by atoms with Crippen LogP contribution in [-0.4, -0.2) is 27.7 Å². The minimum atomic E-state index is -0.566. The average Bonchev–Trinajstić information content (AvgIpc) is 2.95. The summed E-state index contributed by atoms with van der Waals surface area (Å²) < 4.78 is 5.33. The predicted octanol–water partition coefficient (Wildman–Crippen LogP) is 3.25. The summed E-state index contributed by atoms with van der Waals surface area (Å²) in [5, 5.41) is 10.4. The van der Waals surface area contributed by atoms with Crippen LogP contribution in [0.3, 0.4) is 0 Å². The normalized spacial score (nSPS) is 20.6. The number of hydrogen-bond acceptors (Lipinski definition) is 5. The maximum Gasteiger partial charge on any atom is 0.132 e. The lowest BCUT2D eigenvalue weighted by molar-refractivity contribution is 0.129. The van der Waals surface area contributed by atoms with Crippen molar-refractivity contribution in [2.75, 3.05) is 11.4 Å². The molecule has 2 aromatic rings. The maximum atomic E-state index is 10.4. The number of anilines is 1. The maximum absolute atomic E-state index is 10.4. The van der Waals surface area contributed by atoms with Gasteiger partial charge in [-0.3, -0.25) is 0 Å². The first-order valence-electron chi connectivity index (χ1n) is 8.02. The van der Waals surface area contributed by atoms with Crippen molar-refractivity contribution < 1.29 is 9.52 Å². The topological polar surface area (TPSA) is 62.4 Å². The number of furan rings is 1. The number of rotatable bonds is 4. The highest BCUT2D eigenvalue weighted by atomic mass is 16.4. The Labute approximate surface area is 131 Å². The molecule has 5 nitrogen and oxygen atoms in total. The smallest absolute Gasteiger partial charge is 0.132 e. The third-order valence-electron chi connectivity index (χ3n) is 4.30. The number of aromatic nitrogens is 2. The summed E-state index contributed by atoms with van der Waals surface area (Å²) >= 11 is 0. The molecule has 1 fully saturated rings. The predicted molar refractivity (Wildman–Crippen MR) is 84.7 cm³/mol. The van der Waals surface area contributed by atoms with E-state index in [1.54, 1.807) is 6.26 Å². The van der Waals surface area contributed by atoms with E-state index in [2.05, 4.69) is 14.9 Å². The van der Waals surface area contributed by atoms with Crippen LogP contribution in [-0.2, 0) is 0 Å². The van der Waals surface area contributed by atoms with Crippen molar-refractivity contribution >= 4 is 5.82 Å². The van der Waals surface area contributed by atoms with Gasteiger partial charge in [-0.05, 0) is 38.0 Å². The van der Waals surface area contributed by atoms with E-state index in [1.807, 2.05) is 31.3 Å². The Balaban J connectivity index is 1.79. The lowest BCUT2D eigenvalue weighted by Crippen LogP contribution is -2.36. The Bertz CT molecular complexity index is 585. The van der Waals surface area contributed by atoms with E-state index in [-0.39, 0.29) is 6.04 Å². The summed E-state index contributed by atoms with van der Waals surface area (Å²) in [7, 11) is 0. The van der Waals surface area contributed by atoms with Crippen molar-refractivity contribution in [3.63, 3.8) is 0 Å². The summed E-state index contributed by atoms with van der Waals surface area (Å²) in [5.74, 6) is 2.39. The molecule has 3 heterocycles. The molecular formula is C17H23N3O2. The Morgan fingerprint density at radius 3 is 3.05 bits per heavy atom. The van der Waals surface area contributed by atoms with Gasteiger partial charge in [0.25, 0.3) is 0 Å². The second kappa shape index (κ2) is 6.92. The molecule has 0 radical (unpaired) electrons. The summed E-state index contributed by atoms with van der Waals surface area (Å²) in [6.45, 7) is 2.89. The van der Waals surface area contributed by atoms with E-state index in [0.717, 1.165) is 31.0 Å². The third-order valence-corrected chi connectivity index (χ3v) is 4.30. The van der Waals surface area contributed by atoms with Crippen molar-refractivity contribution in [1.29, 1.82) is 0 Å². The molecule has 2 aromatic heterocycles. The van der Waals surface area contributed by atoms with Gasteiger partial charge in [0.1, 0.15) is 23.5 Å². The Morgan fingerprint density at radius 2 is 2.27 bits per heavy atom. The Morgan fingerprint density at radius 1 is 1.36 bits per heavy atom.